The number of piperidine rings is 1. The summed E-state index contributed by atoms with van der Waals surface area (Å²) in [5, 5.41) is 2.85. The lowest BCUT2D eigenvalue weighted by Gasteiger charge is -2.30. The topological polar surface area (TPSA) is 75.4 Å². The Labute approximate surface area is 123 Å². The third-order valence-corrected chi connectivity index (χ3v) is 3.69. The highest BCUT2D eigenvalue weighted by Crippen LogP contribution is 2.24. The summed E-state index contributed by atoms with van der Waals surface area (Å²) in [4.78, 5) is 25.6. The lowest BCUT2D eigenvalue weighted by molar-refractivity contribution is -0.144. The molecule has 2 rings (SSSR count). The Kier molecular flexibility index (Phi) is 4.49. The maximum atomic E-state index is 12.1. The van der Waals surface area contributed by atoms with Gasteiger partial charge in [-0.2, -0.15) is 0 Å². The number of hydrogen-bond donors (Lipinski definition) is 2. The minimum Gasteiger partial charge on any atom is -0.399 e. The molecule has 3 N–H and O–H groups in total. The van der Waals surface area contributed by atoms with Crippen molar-refractivity contribution in [1.82, 2.24) is 4.90 Å². The summed E-state index contributed by atoms with van der Waals surface area (Å²) in [7, 11) is 0. The summed E-state index contributed by atoms with van der Waals surface area (Å²) in [5.74, 6) is -0.740. The van der Waals surface area contributed by atoms with E-state index in [-0.39, 0.29) is 0 Å². The second-order valence-corrected chi connectivity index (χ2v) is 5.60. The molecular formula is C14H18ClN3O2. The Morgan fingerprint density at radius 2 is 2.20 bits per heavy atom. The molecule has 1 aliphatic rings. The number of anilines is 2. The third kappa shape index (κ3) is 3.42. The van der Waals surface area contributed by atoms with Crippen molar-refractivity contribution in [1.29, 1.82) is 0 Å². The first kappa shape index (κ1) is 14.7. The van der Waals surface area contributed by atoms with Gasteiger partial charge in [-0.1, -0.05) is 18.5 Å². The molecule has 1 saturated heterocycles. The molecule has 1 aliphatic heterocycles. The summed E-state index contributed by atoms with van der Waals surface area (Å²) < 4.78 is 0. The summed E-state index contributed by atoms with van der Waals surface area (Å²) >= 11 is 5.97. The van der Waals surface area contributed by atoms with Gasteiger partial charge in [-0.15, -0.1) is 0 Å². The van der Waals surface area contributed by atoms with Gasteiger partial charge in [-0.25, -0.2) is 0 Å². The van der Waals surface area contributed by atoms with Crippen molar-refractivity contribution in [3.63, 3.8) is 0 Å². The Hall–Kier alpha value is -1.75. The molecule has 0 spiro atoms. The number of rotatable bonds is 1. The van der Waals surface area contributed by atoms with Crippen LogP contribution < -0.4 is 11.1 Å². The number of hydrogen-bond acceptors (Lipinski definition) is 3. The van der Waals surface area contributed by atoms with Gasteiger partial charge in [0.1, 0.15) is 0 Å². The minimum atomic E-state index is -0.661. The highest BCUT2D eigenvalue weighted by molar-refractivity contribution is 6.41. The molecule has 1 atom stereocenters. The van der Waals surface area contributed by atoms with Gasteiger partial charge in [0.15, 0.2) is 0 Å². The fraction of sp³-hybridized carbons (Fsp3) is 0.429. The Balaban J connectivity index is 2.02. The second-order valence-electron chi connectivity index (χ2n) is 5.19. The number of nitrogen functional groups attached to an aromatic ring is 1. The normalized spacial score (nSPS) is 18.7. The zero-order chi connectivity index (χ0) is 14.7. The van der Waals surface area contributed by atoms with Crippen molar-refractivity contribution in [2.24, 2.45) is 5.92 Å². The van der Waals surface area contributed by atoms with E-state index in [0.29, 0.717) is 35.4 Å². The molecule has 0 bridgehead atoms. The maximum absolute atomic E-state index is 12.1. The van der Waals surface area contributed by atoms with Gasteiger partial charge in [0.25, 0.3) is 0 Å². The molecule has 108 valence electrons. The van der Waals surface area contributed by atoms with E-state index in [1.807, 2.05) is 0 Å². The molecule has 5 nitrogen and oxygen atoms in total. The molecule has 1 aromatic carbocycles. The minimum absolute atomic E-state index is 0.318. The van der Waals surface area contributed by atoms with Crippen molar-refractivity contribution < 1.29 is 9.59 Å². The number of carbonyl (C=O) groups excluding carboxylic acids is 2. The summed E-state index contributed by atoms with van der Waals surface area (Å²) in [5.41, 5.74) is 6.47. The predicted octanol–water partition coefficient (Wildman–Crippen LogP) is 2.12. The van der Waals surface area contributed by atoms with Crippen LogP contribution in [0.3, 0.4) is 0 Å². The summed E-state index contributed by atoms with van der Waals surface area (Å²) in [6.45, 7) is 3.34. The van der Waals surface area contributed by atoms with Crippen molar-refractivity contribution in [2.45, 2.75) is 19.8 Å². The molecule has 0 saturated carbocycles. The molecule has 1 aromatic rings. The number of nitrogens with one attached hydrogen (secondary N) is 1. The van der Waals surface area contributed by atoms with Gasteiger partial charge >= 0.3 is 11.8 Å². The van der Waals surface area contributed by atoms with Crippen LogP contribution in [0.15, 0.2) is 18.2 Å². The fourth-order valence-electron chi connectivity index (χ4n) is 2.33. The zero-order valence-corrected chi connectivity index (χ0v) is 12.1. The van der Waals surface area contributed by atoms with Gasteiger partial charge in [-0.05, 0) is 37.0 Å². The fourth-order valence-corrected chi connectivity index (χ4v) is 2.56. The highest BCUT2D eigenvalue weighted by atomic mass is 35.5. The summed E-state index contributed by atoms with van der Waals surface area (Å²) in [6, 6.07) is 4.74. The molecular weight excluding hydrogens is 278 g/mol. The second kappa shape index (κ2) is 6.13. The van der Waals surface area contributed by atoms with Crippen LogP contribution in [0.5, 0.6) is 0 Å². The molecule has 20 heavy (non-hydrogen) atoms. The van der Waals surface area contributed by atoms with Crippen molar-refractivity contribution in [2.75, 3.05) is 24.1 Å². The van der Waals surface area contributed by atoms with Crippen molar-refractivity contribution in [3.8, 4) is 0 Å². The Morgan fingerprint density at radius 3 is 2.85 bits per heavy atom. The van der Waals surface area contributed by atoms with E-state index in [1.54, 1.807) is 17.0 Å². The van der Waals surface area contributed by atoms with E-state index in [4.69, 9.17) is 17.3 Å². The lowest BCUT2D eigenvalue weighted by atomic mass is 10.0. The average molecular weight is 296 g/mol. The van der Waals surface area contributed by atoms with Crippen LogP contribution in [0.4, 0.5) is 11.4 Å². The molecule has 0 radical (unpaired) electrons. The van der Waals surface area contributed by atoms with E-state index < -0.39 is 11.8 Å². The van der Waals surface area contributed by atoms with Crippen molar-refractivity contribution in [3.05, 3.63) is 23.2 Å². The Morgan fingerprint density at radius 1 is 1.45 bits per heavy atom. The Bertz CT molecular complexity index is 533. The van der Waals surface area contributed by atoms with Crippen LogP contribution in [0.25, 0.3) is 0 Å². The number of carbonyl (C=O) groups is 2. The monoisotopic (exact) mass is 295 g/mol. The molecule has 1 unspecified atom stereocenters. The summed E-state index contributed by atoms with van der Waals surface area (Å²) in [6.07, 6.45) is 2.03. The molecule has 1 heterocycles. The van der Waals surface area contributed by atoms with E-state index in [9.17, 15) is 9.59 Å². The van der Waals surface area contributed by atoms with Gasteiger partial charge in [0.05, 0.1) is 10.7 Å². The third-order valence-electron chi connectivity index (χ3n) is 3.38. The van der Waals surface area contributed by atoms with E-state index in [1.165, 1.54) is 6.07 Å². The van der Waals surface area contributed by atoms with Crippen LogP contribution in [-0.4, -0.2) is 29.8 Å². The number of halogens is 1. The number of likely N-dealkylation sites (tertiary alicyclic amines) is 1. The first-order chi connectivity index (χ1) is 9.47. The van der Waals surface area contributed by atoms with E-state index >= 15 is 0 Å². The molecule has 0 aromatic heterocycles. The van der Waals surface area contributed by atoms with Crippen LogP contribution in [0, 0.1) is 5.92 Å². The lowest BCUT2D eigenvalue weighted by Crippen LogP contribution is -2.44. The number of benzene rings is 1. The molecule has 2 amide bonds. The number of nitrogens with two attached hydrogens (primary N) is 1. The van der Waals surface area contributed by atoms with Gasteiger partial charge in [0.2, 0.25) is 0 Å². The van der Waals surface area contributed by atoms with E-state index in [0.717, 1.165) is 12.8 Å². The van der Waals surface area contributed by atoms with Gasteiger partial charge < -0.3 is 16.0 Å². The predicted molar refractivity (Wildman–Crippen MR) is 79.5 cm³/mol. The first-order valence-corrected chi connectivity index (χ1v) is 7.00. The average Bonchev–Trinajstić information content (AvgIpc) is 2.41. The number of amides is 2. The largest absolute Gasteiger partial charge is 0.399 e. The maximum Gasteiger partial charge on any atom is 0.313 e. The van der Waals surface area contributed by atoms with Gasteiger partial charge in [-0.3, -0.25) is 9.59 Å². The zero-order valence-electron chi connectivity index (χ0n) is 11.4. The van der Waals surface area contributed by atoms with Crippen LogP contribution in [0.2, 0.25) is 5.02 Å². The standard InChI is InChI=1S/C14H18ClN3O2/c1-9-3-2-6-18(8-9)14(20)13(19)17-12-5-4-10(16)7-11(12)15/h4-5,7,9H,2-3,6,8,16H2,1H3,(H,17,19). The van der Waals surface area contributed by atoms with Crippen LogP contribution in [-0.2, 0) is 9.59 Å². The highest BCUT2D eigenvalue weighted by Gasteiger charge is 2.26. The van der Waals surface area contributed by atoms with Crippen LogP contribution >= 0.6 is 11.6 Å². The number of nitrogens with zero attached hydrogens (tertiary/aromatic N) is 1. The molecule has 1 fully saturated rings. The SMILES string of the molecule is CC1CCCN(C(=O)C(=O)Nc2ccc(N)cc2Cl)C1. The van der Waals surface area contributed by atoms with Crippen LogP contribution in [0.1, 0.15) is 19.8 Å². The smallest absolute Gasteiger partial charge is 0.313 e. The van der Waals surface area contributed by atoms with Crippen molar-refractivity contribution >= 4 is 34.8 Å². The first-order valence-electron chi connectivity index (χ1n) is 6.62. The van der Waals surface area contributed by atoms with Gasteiger partial charge in [0, 0.05) is 18.8 Å². The van der Waals surface area contributed by atoms with E-state index in [2.05, 4.69) is 12.2 Å². The molecule has 6 heteroatoms. The quantitative estimate of drug-likeness (QED) is 0.615. The molecule has 0 aliphatic carbocycles.